The Bertz CT molecular complexity index is 454. The maximum Gasteiger partial charge on any atom is 0.247 e. The zero-order chi connectivity index (χ0) is 14.1. The highest BCUT2D eigenvalue weighted by atomic mass is 32.2. The quantitative estimate of drug-likeness (QED) is 0.627. The molecule has 0 aromatic rings. The lowest BCUT2D eigenvalue weighted by Crippen LogP contribution is -2.66. The molecule has 0 aromatic heterocycles. The van der Waals surface area contributed by atoms with Gasteiger partial charge in [-0.25, -0.2) is 8.42 Å². The maximum atomic E-state index is 12.4. The lowest BCUT2D eigenvalue weighted by molar-refractivity contribution is -0.141. The van der Waals surface area contributed by atoms with Crippen molar-refractivity contribution in [3.8, 4) is 0 Å². The summed E-state index contributed by atoms with van der Waals surface area (Å²) in [5, 5.41) is 1.35. The number of hydrogen-bond acceptors (Lipinski definition) is 5. The van der Waals surface area contributed by atoms with Crippen molar-refractivity contribution in [1.82, 2.24) is 9.62 Å². The molecular formula is C10H19N3O4S. The summed E-state index contributed by atoms with van der Waals surface area (Å²) in [6.45, 7) is 4.25. The van der Waals surface area contributed by atoms with Crippen LogP contribution in [0.4, 0.5) is 0 Å². The van der Waals surface area contributed by atoms with Crippen LogP contribution < -0.4 is 11.1 Å². The summed E-state index contributed by atoms with van der Waals surface area (Å²) in [7, 11) is -3.77. The first-order valence-electron chi connectivity index (χ1n) is 5.74. The number of piperazine rings is 1. The molecule has 0 aromatic carbocycles. The molecule has 0 bridgehead atoms. The lowest BCUT2D eigenvalue weighted by atomic mass is 10.0. The van der Waals surface area contributed by atoms with Gasteiger partial charge < -0.3 is 5.73 Å². The van der Waals surface area contributed by atoms with Crippen LogP contribution in [0.5, 0.6) is 0 Å². The molecule has 1 unspecified atom stereocenters. The van der Waals surface area contributed by atoms with Crippen LogP contribution in [0.2, 0.25) is 0 Å². The van der Waals surface area contributed by atoms with Crippen molar-refractivity contribution < 1.29 is 18.0 Å². The van der Waals surface area contributed by atoms with Crippen LogP contribution in [0.1, 0.15) is 27.2 Å². The van der Waals surface area contributed by atoms with Gasteiger partial charge >= 0.3 is 0 Å². The number of carbonyl (C=O) groups excluding carboxylic acids is 2. The summed E-state index contributed by atoms with van der Waals surface area (Å²) in [5.41, 5.74) is 4.16. The number of carbonyl (C=O) groups is 2. The van der Waals surface area contributed by atoms with E-state index in [1.54, 1.807) is 6.92 Å². The molecule has 18 heavy (non-hydrogen) atoms. The SMILES string of the molecule is CCC(CN)S(=O)(=O)N1CC(=O)NC(=O)C1(C)C. The number of imide groups is 1. The lowest BCUT2D eigenvalue weighted by Gasteiger charge is -2.40. The second-order valence-electron chi connectivity index (χ2n) is 4.75. The van der Waals surface area contributed by atoms with E-state index in [1.165, 1.54) is 13.8 Å². The Morgan fingerprint density at radius 3 is 2.44 bits per heavy atom. The Hall–Kier alpha value is -0.990. The predicted molar refractivity (Wildman–Crippen MR) is 66.0 cm³/mol. The van der Waals surface area contributed by atoms with E-state index < -0.39 is 32.6 Å². The molecular weight excluding hydrogens is 258 g/mol. The van der Waals surface area contributed by atoms with Gasteiger partial charge in [0.25, 0.3) is 0 Å². The first-order valence-corrected chi connectivity index (χ1v) is 7.24. The number of nitrogens with one attached hydrogen (secondary N) is 1. The van der Waals surface area contributed by atoms with Crippen molar-refractivity contribution in [2.75, 3.05) is 13.1 Å². The average Bonchev–Trinajstić information content (AvgIpc) is 2.25. The highest BCUT2D eigenvalue weighted by Crippen LogP contribution is 2.25. The Balaban J connectivity index is 3.20. The zero-order valence-electron chi connectivity index (χ0n) is 10.8. The van der Waals surface area contributed by atoms with Crippen molar-refractivity contribution >= 4 is 21.8 Å². The Labute approximate surface area is 107 Å². The monoisotopic (exact) mass is 277 g/mol. The second kappa shape index (κ2) is 4.94. The summed E-state index contributed by atoms with van der Waals surface area (Å²) in [6.07, 6.45) is 0.335. The molecule has 0 saturated carbocycles. The van der Waals surface area contributed by atoms with Gasteiger partial charge in [-0.15, -0.1) is 0 Å². The van der Waals surface area contributed by atoms with Gasteiger partial charge in [-0.2, -0.15) is 4.31 Å². The van der Waals surface area contributed by atoms with Gasteiger partial charge in [0.1, 0.15) is 5.54 Å². The van der Waals surface area contributed by atoms with Crippen LogP contribution in [0.25, 0.3) is 0 Å². The number of rotatable bonds is 4. The van der Waals surface area contributed by atoms with E-state index >= 15 is 0 Å². The Kier molecular flexibility index (Phi) is 4.14. The Morgan fingerprint density at radius 2 is 2.00 bits per heavy atom. The van der Waals surface area contributed by atoms with Crippen LogP contribution in [0, 0.1) is 0 Å². The fraction of sp³-hybridized carbons (Fsp3) is 0.800. The van der Waals surface area contributed by atoms with Crippen LogP contribution >= 0.6 is 0 Å². The second-order valence-corrected chi connectivity index (χ2v) is 6.89. The normalized spacial score (nSPS) is 22.7. The molecule has 1 rings (SSSR count). The molecule has 0 radical (unpaired) electrons. The van der Waals surface area contributed by atoms with Crippen LogP contribution in [-0.4, -0.2) is 48.4 Å². The summed E-state index contributed by atoms with van der Waals surface area (Å²) >= 11 is 0. The number of sulfonamides is 1. The largest absolute Gasteiger partial charge is 0.329 e. The first kappa shape index (κ1) is 15.1. The van der Waals surface area contributed by atoms with Gasteiger partial charge in [0.2, 0.25) is 21.8 Å². The molecule has 7 nitrogen and oxygen atoms in total. The van der Waals surface area contributed by atoms with E-state index in [0.717, 1.165) is 4.31 Å². The molecule has 1 fully saturated rings. The molecule has 104 valence electrons. The van der Waals surface area contributed by atoms with Gasteiger partial charge in [0.05, 0.1) is 11.8 Å². The number of hydrogen-bond donors (Lipinski definition) is 2. The minimum atomic E-state index is -3.77. The number of nitrogens with zero attached hydrogens (tertiary/aromatic N) is 1. The minimum absolute atomic E-state index is 0.0405. The third-order valence-corrected chi connectivity index (χ3v) is 5.73. The van der Waals surface area contributed by atoms with Crippen molar-refractivity contribution in [2.45, 2.75) is 38.0 Å². The van der Waals surface area contributed by atoms with Crippen molar-refractivity contribution in [1.29, 1.82) is 0 Å². The highest BCUT2D eigenvalue weighted by molar-refractivity contribution is 7.89. The molecule has 0 spiro atoms. The molecule has 8 heteroatoms. The number of amides is 2. The van der Waals surface area contributed by atoms with Gasteiger partial charge in [-0.05, 0) is 20.3 Å². The van der Waals surface area contributed by atoms with E-state index in [1.807, 2.05) is 0 Å². The standard InChI is InChI=1S/C10H19N3O4S/c1-4-7(5-11)18(16,17)13-6-8(14)12-9(15)10(13,2)3/h7H,4-6,11H2,1-3H3,(H,12,14,15). The molecule has 1 heterocycles. The van der Waals surface area contributed by atoms with Crippen molar-refractivity contribution in [3.05, 3.63) is 0 Å². The zero-order valence-corrected chi connectivity index (χ0v) is 11.6. The third-order valence-electron chi connectivity index (χ3n) is 3.17. The Morgan fingerprint density at radius 1 is 1.44 bits per heavy atom. The molecule has 1 aliphatic rings. The van der Waals surface area contributed by atoms with Gasteiger partial charge in [0, 0.05) is 6.54 Å². The maximum absolute atomic E-state index is 12.4. The average molecular weight is 277 g/mol. The van der Waals surface area contributed by atoms with Crippen molar-refractivity contribution in [2.24, 2.45) is 5.73 Å². The highest BCUT2D eigenvalue weighted by Gasteiger charge is 2.48. The summed E-state index contributed by atoms with van der Waals surface area (Å²) in [6, 6.07) is 0. The van der Waals surface area contributed by atoms with Gasteiger partial charge in [-0.1, -0.05) is 6.92 Å². The first-order chi connectivity index (χ1) is 8.17. The van der Waals surface area contributed by atoms with Gasteiger partial charge in [0.15, 0.2) is 0 Å². The summed E-state index contributed by atoms with van der Waals surface area (Å²) in [4.78, 5) is 23.1. The van der Waals surface area contributed by atoms with Crippen LogP contribution in [-0.2, 0) is 19.6 Å². The number of nitrogens with two attached hydrogens (primary N) is 1. The molecule has 3 N–H and O–H groups in total. The third kappa shape index (κ3) is 2.40. The molecule has 2 amide bonds. The fourth-order valence-electron chi connectivity index (χ4n) is 1.85. The molecule has 1 aliphatic heterocycles. The predicted octanol–water partition coefficient (Wildman–Crippen LogP) is -1.21. The van der Waals surface area contributed by atoms with E-state index in [2.05, 4.69) is 5.32 Å². The molecule has 1 atom stereocenters. The van der Waals surface area contributed by atoms with Gasteiger partial charge in [-0.3, -0.25) is 14.9 Å². The van der Waals surface area contributed by atoms with E-state index in [9.17, 15) is 18.0 Å². The fourth-order valence-corrected chi connectivity index (χ4v) is 3.89. The smallest absolute Gasteiger partial charge is 0.247 e. The van der Waals surface area contributed by atoms with E-state index in [-0.39, 0.29) is 13.1 Å². The topological polar surface area (TPSA) is 110 Å². The van der Waals surface area contributed by atoms with Crippen molar-refractivity contribution in [3.63, 3.8) is 0 Å². The summed E-state index contributed by atoms with van der Waals surface area (Å²) in [5.74, 6) is -1.23. The minimum Gasteiger partial charge on any atom is -0.329 e. The van der Waals surface area contributed by atoms with E-state index in [4.69, 9.17) is 5.73 Å². The van der Waals surface area contributed by atoms with Crippen LogP contribution in [0.3, 0.4) is 0 Å². The molecule has 1 saturated heterocycles. The summed E-state index contributed by atoms with van der Waals surface area (Å²) < 4.78 is 25.7. The van der Waals surface area contributed by atoms with E-state index in [0.29, 0.717) is 6.42 Å². The molecule has 0 aliphatic carbocycles. The van der Waals surface area contributed by atoms with Crippen LogP contribution in [0.15, 0.2) is 0 Å².